The Labute approximate surface area is 124 Å². The van der Waals surface area contributed by atoms with Gasteiger partial charge in [-0.2, -0.15) is 0 Å². The normalized spacial score (nSPS) is 10.0. The highest BCUT2D eigenvalue weighted by molar-refractivity contribution is 6.01. The molecule has 0 atom stereocenters. The largest absolute Gasteiger partial charge is 0.497 e. The molecule has 0 aliphatic heterocycles. The number of benzene rings is 2. The van der Waals surface area contributed by atoms with Gasteiger partial charge in [0.15, 0.2) is 0 Å². The second-order valence-electron chi connectivity index (χ2n) is 4.59. The van der Waals surface area contributed by atoms with Gasteiger partial charge >= 0.3 is 6.03 Å². The van der Waals surface area contributed by atoms with Crippen molar-refractivity contribution in [3.63, 3.8) is 0 Å². The monoisotopic (exact) mass is 285 g/mol. The second-order valence-corrected chi connectivity index (χ2v) is 4.59. The maximum absolute atomic E-state index is 12.2. The van der Waals surface area contributed by atoms with Crippen molar-refractivity contribution in [3.05, 3.63) is 54.1 Å². The SMILES string of the molecule is COc1cccc(NC(=O)N(C)c2ccc(CN)cc2)c1. The lowest BCUT2D eigenvalue weighted by Gasteiger charge is -2.18. The van der Waals surface area contributed by atoms with E-state index < -0.39 is 0 Å². The van der Waals surface area contributed by atoms with E-state index >= 15 is 0 Å². The smallest absolute Gasteiger partial charge is 0.326 e. The van der Waals surface area contributed by atoms with Crippen molar-refractivity contribution in [1.82, 2.24) is 0 Å². The minimum absolute atomic E-state index is 0.219. The van der Waals surface area contributed by atoms with Gasteiger partial charge in [0.25, 0.3) is 0 Å². The van der Waals surface area contributed by atoms with E-state index in [1.54, 1.807) is 25.1 Å². The van der Waals surface area contributed by atoms with Gasteiger partial charge in [-0.05, 0) is 29.8 Å². The number of nitrogens with zero attached hydrogens (tertiary/aromatic N) is 1. The van der Waals surface area contributed by atoms with Crippen molar-refractivity contribution < 1.29 is 9.53 Å². The number of nitrogens with two attached hydrogens (primary N) is 1. The Kier molecular flexibility index (Phi) is 4.79. The quantitative estimate of drug-likeness (QED) is 0.907. The lowest BCUT2D eigenvalue weighted by atomic mass is 10.2. The van der Waals surface area contributed by atoms with Crippen LogP contribution in [0.15, 0.2) is 48.5 Å². The summed E-state index contributed by atoms with van der Waals surface area (Å²) in [6, 6.07) is 14.6. The molecule has 0 aromatic heterocycles. The van der Waals surface area contributed by atoms with Gasteiger partial charge in [-0.1, -0.05) is 18.2 Å². The maximum Gasteiger partial charge on any atom is 0.326 e. The summed E-state index contributed by atoms with van der Waals surface area (Å²) in [5, 5.41) is 2.83. The number of nitrogens with one attached hydrogen (secondary N) is 1. The summed E-state index contributed by atoms with van der Waals surface area (Å²) >= 11 is 0. The molecule has 0 bridgehead atoms. The molecule has 5 heteroatoms. The Hall–Kier alpha value is -2.53. The number of hydrogen-bond acceptors (Lipinski definition) is 3. The van der Waals surface area contributed by atoms with E-state index in [9.17, 15) is 4.79 Å². The Balaban J connectivity index is 2.07. The minimum Gasteiger partial charge on any atom is -0.497 e. The summed E-state index contributed by atoms with van der Waals surface area (Å²) in [7, 11) is 3.30. The van der Waals surface area contributed by atoms with Crippen LogP contribution >= 0.6 is 0 Å². The van der Waals surface area contributed by atoms with Crippen molar-refractivity contribution in [3.8, 4) is 5.75 Å². The second kappa shape index (κ2) is 6.76. The van der Waals surface area contributed by atoms with Crippen molar-refractivity contribution in [2.45, 2.75) is 6.54 Å². The molecule has 0 aliphatic carbocycles. The van der Waals surface area contributed by atoms with Gasteiger partial charge < -0.3 is 15.8 Å². The van der Waals surface area contributed by atoms with Crippen LogP contribution in [0.2, 0.25) is 0 Å². The van der Waals surface area contributed by atoms with Crippen LogP contribution < -0.4 is 20.7 Å². The summed E-state index contributed by atoms with van der Waals surface area (Å²) in [6.45, 7) is 0.486. The first-order valence-electron chi connectivity index (χ1n) is 6.62. The van der Waals surface area contributed by atoms with Crippen LogP contribution in [-0.2, 0) is 6.54 Å². The van der Waals surface area contributed by atoms with E-state index in [0.717, 1.165) is 11.3 Å². The number of hydrogen-bond donors (Lipinski definition) is 2. The highest BCUT2D eigenvalue weighted by Gasteiger charge is 2.11. The van der Waals surface area contributed by atoms with E-state index in [0.29, 0.717) is 18.0 Å². The molecule has 0 spiro atoms. The molecule has 5 nitrogen and oxygen atoms in total. The third-order valence-electron chi connectivity index (χ3n) is 3.18. The molecule has 2 rings (SSSR count). The highest BCUT2D eigenvalue weighted by Crippen LogP contribution is 2.19. The molecular formula is C16H19N3O2. The van der Waals surface area contributed by atoms with Crippen molar-refractivity contribution in [2.24, 2.45) is 5.73 Å². The van der Waals surface area contributed by atoms with Gasteiger partial charge in [0.2, 0.25) is 0 Å². The Morgan fingerprint density at radius 2 is 1.95 bits per heavy atom. The van der Waals surface area contributed by atoms with Crippen LogP contribution in [0.4, 0.5) is 16.2 Å². The predicted octanol–water partition coefficient (Wildman–Crippen LogP) is 2.82. The molecule has 3 N–H and O–H groups in total. The molecule has 0 heterocycles. The Bertz CT molecular complexity index is 611. The van der Waals surface area contributed by atoms with E-state index in [1.807, 2.05) is 42.5 Å². The molecule has 2 aromatic rings. The third kappa shape index (κ3) is 3.73. The zero-order valence-corrected chi connectivity index (χ0v) is 12.2. The lowest BCUT2D eigenvalue weighted by Crippen LogP contribution is -2.31. The maximum atomic E-state index is 12.2. The number of anilines is 2. The highest BCUT2D eigenvalue weighted by atomic mass is 16.5. The summed E-state index contributed by atoms with van der Waals surface area (Å²) in [5.74, 6) is 0.697. The van der Waals surface area contributed by atoms with E-state index in [2.05, 4.69) is 5.32 Å². The Morgan fingerprint density at radius 1 is 1.24 bits per heavy atom. The van der Waals surface area contributed by atoms with Gasteiger partial charge in [0.05, 0.1) is 7.11 Å². The molecule has 2 aromatic carbocycles. The molecule has 2 amide bonds. The predicted molar refractivity (Wildman–Crippen MR) is 84.7 cm³/mol. The van der Waals surface area contributed by atoms with E-state index in [-0.39, 0.29) is 6.03 Å². The Morgan fingerprint density at radius 3 is 2.57 bits per heavy atom. The number of carbonyl (C=O) groups is 1. The average Bonchev–Trinajstić information content (AvgIpc) is 2.54. The van der Waals surface area contributed by atoms with Crippen LogP contribution in [0.25, 0.3) is 0 Å². The molecular weight excluding hydrogens is 266 g/mol. The van der Waals surface area contributed by atoms with Crippen molar-refractivity contribution >= 4 is 17.4 Å². The number of methoxy groups -OCH3 is 1. The van der Waals surface area contributed by atoms with Gasteiger partial charge in [-0.3, -0.25) is 4.90 Å². The molecule has 0 unspecified atom stereocenters. The number of carbonyl (C=O) groups excluding carboxylic acids is 1. The first-order valence-corrected chi connectivity index (χ1v) is 6.62. The number of urea groups is 1. The van der Waals surface area contributed by atoms with Crippen LogP contribution in [0.1, 0.15) is 5.56 Å². The van der Waals surface area contributed by atoms with Crippen molar-refractivity contribution in [1.29, 1.82) is 0 Å². The fraction of sp³-hybridized carbons (Fsp3) is 0.188. The van der Waals surface area contributed by atoms with Crippen molar-refractivity contribution in [2.75, 3.05) is 24.4 Å². The van der Waals surface area contributed by atoms with Crippen LogP contribution in [-0.4, -0.2) is 20.2 Å². The summed E-state index contributed by atoms with van der Waals surface area (Å²) in [6.07, 6.45) is 0. The van der Waals surface area contributed by atoms with Gasteiger partial charge in [0, 0.05) is 31.0 Å². The first kappa shape index (κ1) is 14.9. The minimum atomic E-state index is -0.219. The van der Waals surface area contributed by atoms with Gasteiger partial charge in [-0.15, -0.1) is 0 Å². The topological polar surface area (TPSA) is 67.6 Å². The fourth-order valence-electron chi connectivity index (χ4n) is 1.88. The van der Waals surface area contributed by atoms with E-state index in [4.69, 9.17) is 10.5 Å². The van der Waals surface area contributed by atoms with Gasteiger partial charge in [0.1, 0.15) is 5.75 Å². The average molecular weight is 285 g/mol. The number of amides is 2. The van der Waals surface area contributed by atoms with Gasteiger partial charge in [-0.25, -0.2) is 4.79 Å². The fourth-order valence-corrected chi connectivity index (χ4v) is 1.88. The third-order valence-corrected chi connectivity index (χ3v) is 3.18. The molecule has 0 radical (unpaired) electrons. The standard InChI is InChI=1S/C16H19N3O2/c1-19(14-8-6-12(11-17)7-9-14)16(20)18-13-4-3-5-15(10-13)21-2/h3-10H,11,17H2,1-2H3,(H,18,20). The van der Waals surface area contributed by atoms with Crippen LogP contribution in [0.3, 0.4) is 0 Å². The van der Waals surface area contributed by atoms with Crippen LogP contribution in [0, 0.1) is 0 Å². The van der Waals surface area contributed by atoms with Crippen LogP contribution in [0.5, 0.6) is 5.75 Å². The lowest BCUT2D eigenvalue weighted by molar-refractivity contribution is 0.258. The zero-order chi connectivity index (χ0) is 15.2. The van der Waals surface area contributed by atoms with E-state index in [1.165, 1.54) is 0 Å². The number of ether oxygens (including phenoxy) is 1. The first-order chi connectivity index (χ1) is 10.1. The molecule has 0 aliphatic rings. The molecule has 21 heavy (non-hydrogen) atoms. The molecule has 0 fully saturated rings. The number of rotatable bonds is 4. The summed E-state index contributed by atoms with van der Waals surface area (Å²) in [5.41, 5.74) is 8.07. The molecule has 0 saturated carbocycles. The molecule has 0 saturated heterocycles. The summed E-state index contributed by atoms with van der Waals surface area (Å²) in [4.78, 5) is 13.8. The molecule has 110 valence electrons. The zero-order valence-electron chi connectivity index (χ0n) is 12.2. The summed E-state index contributed by atoms with van der Waals surface area (Å²) < 4.78 is 5.13.